The number of carbonyl (C=O) groups excluding carboxylic acids is 1. The lowest BCUT2D eigenvalue weighted by Crippen LogP contribution is -2.38. The van der Waals surface area contributed by atoms with Gasteiger partial charge in [-0.25, -0.2) is 4.79 Å². The average molecular weight is 402 g/mol. The Bertz CT molecular complexity index is 1020. The number of methoxy groups -OCH3 is 2. The highest BCUT2D eigenvalue weighted by Crippen LogP contribution is 2.25. The first-order valence-corrected chi connectivity index (χ1v) is 9.14. The van der Waals surface area contributed by atoms with Crippen molar-refractivity contribution >= 4 is 23.5 Å². The number of hydrogen-bond donors (Lipinski definition) is 2. The van der Waals surface area contributed by atoms with Gasteiger partial charge in [-0.1, -0.05) is 13.3 Å². The molecule has 9 nitrogen and oxygen atoms in total. The monoisotopic (exact) mass is 402 g/mol. The molecule has 0 spiro atoms. The molecule has 1 aromatic carbocycles. The van der Waals surface area contributed by atoms with Crippen LogP contribution in [0.5, 0.6) is 11.5 Å². The normalized spacial score (nSPS) is 10.9. The summed E-state index contributed by atoms with van der Waals surface area (Å²) in [7, 11) is 4.48. The Kier molecular flexibility index (Phi) is 7.24. The molecule has 3 N–H and O–H groups in total. The van der Waals surface area contributed by atoms with Gasteiger partial charge in [0, 0.05) is 25.2 Å². The van der Waals surface area contributed by atoms with Crippen LogP contribution in [0.25, 0.3) is 6.08 Å². The highest BCUT2D eigenvalue weighted by Gasteiger charge is 2.19. The van der Waals surface area contributed by atoms with E-state index in [0.29, 0.717) is 30.0 Å². The van der Waals surface area contributed by atoms with Crippen LogP contribution in [-0.2, 0) is 11.3 Å². The SMILES string of the molecule is CCCCn1c(N)c(N(C)C(=O)/C=C/c2cc(OC)ccc2OC)c(=O)[nH]c1=O. The molecule has 1 heterocycles. The summed E-state index contributed by atoms with van der Waals surface area (Å²) in [6.45, 7) is 2.32. The van der Waals surface area contributed by atoms with E-state index in [1.807, 2.05) is 6.92 Å². The number of H-pyrrole nitrogens is 1. The molecule has 0 bridgehead atoms. The van der Waals surface area contributed by atoms with E-state index in [1.165, 1.54) is 31.9 Å². The lowest BCUT2D eigenvalue weighted by atomic mass is 10.1. The van der Waals surface area contributed by atoms with Crippen molar-refractivity contribution in [3.63, 3.8) is 0 Å². The first-order chi connectivity index (χ1) is 13.8. The second-order valence-corrected chi connectivity index (χ2v) is 6.34. The molecule has 2 rings (SSSR count). The maximum atomic E-state index is 12.7. The van der Waals surface area contributed by atoms with Crippen LogP contribution < -0.4 is 31.4 Å². The first kappa shape index (κ1) is 21.8. The van der Waals surface area contributed by atoms with Gasteiger partial charge >= 0.3 is 5.69 Å². The van der Waals surface area contributed by atoms with Crippen LogP contribution in [0.2, 0.25) is 0 Å². The Hall–Kier alpha value is -3.49. The number of anilines is 2. The van der Waals surface area contributed by atoms with E-state index in [-0.39, 0.29) is 11.5 Å². The van der Waals surface area contributed by atoms with Crippen molar-refractivity contribution in [3.8, 4) is 11.5 Å². The third-order valence-electron chi connectivity index (χ3n) is 4.46. The molecular formula is C20H26N4O5. The van der Waals surface area contributed by atoms with E-state index in [0.717, 1.165) is 11.3 Å². The van der Waals surface area contributed by atoms with Gasteiger partial charge in [-0.3, -0.25) is 19.1 Å². The van der Waals surface area contributed by atoms with Gasteiger partial charge < -0.3 is 20.1 Å². The minimum atomic E-state index is -0.719. The number of carbonyl (C=O) groups is 1. The van der Waals surface area contributed by atoms with Crippen LogP contribution in [0, 0.1) is 0 Å². The second-order valence-electron chi connectivity index (χ2n) is 6.34. The lowest BCUT2D eigenvalue weighted by molar-refractivity contribution is -0.113. The Labute approximate surface area is 168 Å². The summed E-state index contributed by atoms with van der Waals surface area (Å²) < 4.78 is 11.7. The van der Waals surface area contributed by atoms with Crippen LogP contribution in [-0.4, -0.2) is 36.7 Å². The van der Waals surface area contributed by atoms with Gasteiger partial charge in [-0.2, -0.15) is 0 Å². The zero-order valence-corrected chi connectivity index (χ0v) is 17.0. The molecule has 1 amide bonds. The van der Waals surface area contributed by atoms with Crippen molar-refractivity contribution < 1.29 is 14.3 Å². The van der Waals surface area contributed by atoms with Gasteiger partial charge in [-0.05, 0) is 30.7 Å². The predicted molar refractivity (Wildman–Crippen MR) is 113 cm³/mol. The van der Waals surface area contributed by atoms with Gasteiger partial charge in [0.05, 0.1) is 14.2 Å². The van der Waals surface area contributed by atoms with E-state index in [9.17, 15) is 14.4 Å². The number of nitrogen functional groups attached to an aromatic ring is 1. The fourth-order valence-corrected chi connectivity index (χ4v) is 2.79. The fraction of sp³-hybridized carbons (Fsp3) is 0.350. The number of hydrogen-bond acceptors (Lipinski definition) is 6. The van der Waals surface area contributed by atoms with Crippen molar-refractivity contribution in [2.45, 2.75) is 26.3 Å². The molecule has 0 aliphatic heterocycles. The number of unbranched alkanes of at least 4 members (excludes halogenated alkanes) is 1. The summed E-state index contributed by atoms with van der Waals surface area (Å²) in [6, 6.07) is 5.18. The van der Waals surface area contributed by atoms with Crippen molar-refractivity contribution in [1.29, 1.82) is 0 Å². The summed E-state index contributed by atoms with van der Waals surface area (Å²) in [5.74, 6) is 0.626. The molecule has 156 valence electrons. The first-order valence-electron chi connectivity index (χ1n) is 9.14. The Morgan fingerprint density at radius 2 is 2.00 bits per heavy atom. The highest BCUT2D eigenvalue weighted by molar-refractivity contribution is 6.04. The number of likely N-dealkylation sites (N-methyl/N-ethyl adjacent to an activating group) is 1. The van der Waals surface area contributed by atoms with Gasteiger partial charge in [0.2, 0.25) is 0 Å². The number of nitrogens with two attached hydrogens (primary N) is 1. The number of aromatic amines is 1. The minimum Gasteiger partial charge on any atom is -0.497 e. The Morgan fingerprint density at radius 3 is 2.62 bits per heavy atom. The van der Waals surface area contributed by atoms with Crippen LogP contribution >= 0.6 is 0 Å². The maximum absolute atomic E-state index is 12.7. The molecule has 1 aromatic heterocycles. The molecule has 0 atom stereocenters. The zero-order chi connectivity index (χ0) is 21.6. The highest BCUT2D eigenvalue weighted by atomic mass is 16.5. The average Bonchev–Trinajstić information content (AvgIpc) is 2.71. The van der Waals surface area contributed by atoms with Gasteiger partial charge in [0.1, 0.15) is 17.3 Å². The second kappa shape index (κ2) is 9.63. The molecule has 0 aliphatic carbocycles. The number of nitrogens with zero attached hydrogens (tertiary/aromatic N) is 2. The summed E-state index contributed by atoms with van der Waals surface area (Å²) >= 11 is 0. The topological polar surface area (TPSA) is 120 Å². The number of rotatable bonds is 8. The van der Waals surface area contributed by atoms with Crippen molar-refractivity contribution in [2.75, 3.05) is 31.9 Å². The van der Waals surface area contributed by atoms with Crippen molar-refractivity contribution in [2.24, 2.45) is 0 Å². The smallest absolute Gasteiger partial charge is 0.330 e. The molecule has 0 saturated heterocycles. The Morgan fingerprint density at radius 1 is 1.28 bits per heavy atom. The number of nitrogens with one attached hydrogen (secondary N) is 1. The number of amides is 1. The minimum absolute atomic E-state index is 0.0459. The summed E-state index contributed by atoms with van der Waals surface area (Å²) in [6.07, 6.45) is 4.40. The molecule has 0 fully saturated rings. The summed E-state index contributed by atoms with van der Waals surface area (Å²) in [4.78, 5) is 40.3. The molecular weight excluding hydrogens is 376 g/mol. The third-order valence-corrected chi connectivity index (χ3v) is 4.46. The molecule has 0 radical (unpaired) electrons. The van der Waals surface area contributed by atoms with Crippen molar-refractivity contribution in [1.82, 2.24) is 9.55 Å². The number of aromatic nitrogens is 2. The van der Waals surface area contributed by atoms with E-state index in [4.69, 9.17) is 15.2 Å². The molecule has 0 aliphatic rings. The quantitative estimate of drug-likeness (QED) is 0.648. The summed E-state index contributed by atoms with van der Waals surface area (Å²) in [5, 5.41) is 0. The predicted octanol–water partition coefficient (Wildman–Crippen LogP) is 1.61. The van der Waals surface area contributed by atoms with Crippen LogP contribution in [0.1, 0.15) is 25.3 Å². The van der Waals surface area contributed by atoms with Crippen LogP contribution in [0.3, 0.4) is 0 Å². The maximum Gasteiger partial charge on any atom is 0.330 e. The van der Waals surface area contributed by atoms with Gasteiger partial charge in [0.15, 0.2) is 5.69 Å². The Balaban J connectivity index is 2.37. The molecule has 0 unspecified atom stereocenters. The molecule has 9 heteroatoms. The summed E-state index contributed by atoms with van der Waals surface area (Å²) in [5.41, 5.74) is 5.28. The van der Waals surface area contributed by atoms with Crippen LogP contribution in [0.15, 0.2) is 33.9 Å². The zero-order valence-electron chi connectivity index (χ0n) is 17.0. The molecule has 2 aromatic rings. The molecule has 29 heavy (non-hydrogen) atoms. The lowest BCUT2D eigenvalue weighted by Gasteiger charge is -2.19. The van der Waals surface area contributed by atoms with E-state index in [1.54, 1.807) is 24.3 Å². The van der Waals surface area contributed by atoms with E-state index in [2.05, 4.69) is 4.98 Å². The number of benzene rings is 1. The van der Waals surface area contributed by atoms with E-state index < -0.39 is 17.2 Å². The largest absolute Gasteiger partial charge is 0.497 e. The van der Waals surface area contributed by atoms with E-state index >= 15 is 0 Å². The number of ether oxygens (including phenoxy) is 2. The van der Waals surface area contributed by atoms with Gasteiger partial charge in [-0.15, -0.1) is 0 Å². The fourth-order valence-electron chi connectivity index (χ4n) is 2.79. The third kappa shape index (κ3) is 4.87. The molecule has 0 saturated carbocycles. The van der Waals surface area contributed by atoms with Crippen molar-refractivity contribution in [3.05, 3.63) is 50.7 Å². The van der Waals surface area contributed by atoms with Crippen LogP contribution in [0.4, 0.5) is 11.5 Å². The standard InChI is InChI=1S/C20H26N4O5/c1-5-6-11-24-18(21)17(19(26)22-20(24)27)23(2)16(25)10-7-13-12-14(28-3)8-9-15(13)29-4/h7-10,12H,5-6,11,21H2,1-4H3,(H,22,26,27)/b10-7+. The van der Waals surface area contributed by atoms with Gasteiger partial charge in [0.25, 0.3) is 11.5 Å².